The minimum absolute atomic E-state index is 0.158. The Bertz CT molecular complexity index is 1060. The summed E-state index contributed by atoms with van der Waals surface area (Å²) >= 11 is 0. The molecular weight excluding hydrogens is 382 g/mol. The Kier molecular flexibility index (Phi) is 4.81. The highest BCUT2D eigenvalue weighted by Crippen LogP contribution is 2.35. The van der Waals surface area contributed by atoms with Crippen molar-refractivity contribution in [1.29, 1.82) is 0 Å². The van der Waals surface area contributed by atoms with Crippen LogP contribution in [0.3, 0.4) is 0 Å². The summed E-state index contributed by atoms with van der Waals surface area (Å²) in [4.78, 5) is 4.40. The Balaban J connectivity index is 1.51. The lowest BCUT2D eigenvalue weighted by Crippen LogP contribution is -2.32. The van der Waals surface area contributed by atoms with Gasteiger partial charge < -0.3 is 14.5 Å². The minimum Gasteiger partial charge on any atom is -0.363 e. The number of anilines is 1. The van der Waals surface area contributed by atoms with Crippen molar-refractivity contribution in [3.63, 3.8) is 0 Å². The summed E-state index contributed by atoms with van der Waals surface area (Å²) in [5.41, 5.74) is 0. The molecular formula is C16H21N9O2S. The summed E-state index contributed by atoms with van der Waals surface area (Å²) in [6.07, 6.45) is 6.07. The zero-order valence-corrected chi connectivity index (χ0v) is 16.4. The highest BCUT2D eigenvalue weighted by molar-refractivity contribution is 7.89. The minimum atomic E-state index is -3.68. The van der Waals surface area contributed by atoms with Gasteiger partial charge in [0.25, 0.3) is 0 Å². The lowest BCUT2D eigenvalue weighted by molar-refractivity contribution is 0.376. The predicted octanol–water partition coefficient (Wildman–Crippen LogP) is 0.476. The number of aryl methyl sites for hydroxylation is 2. The third-order valence-corrected chi connectivity index (χ3v) is 6.72. The Morgan fingerprint density at radius 3 is 2.57 bits per heavy atom. The molecule has 1 N–H and O–H groups in total. The number of aromatic nitrogens is 7. The molecule has 1 aliphatic rings. The molecule has 1 aliphatic heterocycles. The van der Waals surface area contributed by atoms with E-state index < -0.39 is 10.0 Å². The number of rotatable bonds is 6. The molecule has 0 aliphatic carbocycles. The van der Waals surface area contributed by atoms with Crippen molar-refractivity contribution in [2.45, 2.75) is 30.3 Å². The van der Waals surface area contributed by atoms with E-state index in [4.69, 9.17) is 0 Å². The van der Waals surface area contributed by atoms with Crippen LogP contribution in [0.5, 0.6) is 0 Å². The zero-order chi connectivity index (χ0) is 19.7. The standard InChI is InChI=1S/C16H21N9O2S/c1-23-10-19-21-15(23)9-18-14-6-5-12(8-17-14)28(26,27)25-7-3-4-13(25)16-22-20-11-24(16)2/h5-6,8,10-11,13H,3-4,7,9H2,1-2H3,(H,17,18)/t13-/m1/s1. The smallest absolute Gasteiger partial charge is 0.245 e. The van der Waals surface area contributed by atoms with E-state index in [1.165, 1.54) is 10.5 Å². The fourth-order valence-corrected chi connectivity index (χ4v) is 4.89. The van der Waals surface area contributed by atoms with Crippen LogP contribution in [0.25, 0.3) is 0 Å². The average Bonchev–Trinajstić information content (AvgIpc) is 3.41. The average molecular weight is 403 g/mol. The van der Waals surface area contributed by atoms with Crippen LogP contribution >= 0.6 is 0 Å². The Morgan fingerprint density at radius 2 is 1.93 bits per heavy atom. The topological polar surface area (TPSA) is 124 Å². The first kappa shape index (κ1) is 18.5. The molecule has 11 nitrogen and oxygen atoms in total. The van der Waals surface area contributed by atoms with E-state index in [-0.39, 0.29) is 10.9 Å². The quantitative estimate of drug-likeness (QED) is 0.630. The van der Waals surface area contributed by atoms with Gasteiger partial charge in [-0.15, -0.1) is 20.4 Å². The van der Waals surface area contributed by atoms with Gasteiger partial charge in [-0.1, -0.05) is 0 Å². The van der Waals surface area contributed by atoms with Gasteiger partial charge in [0.2, 0.25) is 10.0 Å². The monoisotopic (exact) mass is 403 g/mol. The van der Waals surface area contributed by atoms with Crippen molar-refractivity contribution in [3.8, 4) is 0 Å². The van der Waals surface area contributed by atoms with E-state index in [1.807, 2.05) is 14.1 Å². The van der Waals surface area contributed by atoms with Gasteiger partial charge in [-0.2, -0.15) is 4.31 Å². The maximum atomic E-state index is 13.1. The number of sulfonamides is 1. The molecule has 0 spiro atoms. The summed E-state index contributed by atoms with van der Waals surface area (Å²) in [6.45, 7) is 0.891. The third kappa shape index (κ3) is 3.36. The van der Waals surface area contributed by atoms with E-state index in [9.17, 15) is 8.42 Å². The number of nitrogens with one attached hydrogen (secondary N) is 1. The Morgan fingerprint density at radius 1 is 1.14 bits per heavy atom. The second-order valence-electron chi connectivity index (χ2n) is 6.66. The largest absolute Gasteiger partial charge is 0.363 e. The second-order valence-corrected chi connectivity index (χ2v) is 8.56. The fraction of sp³-hybridized carbons (Fsp3) is 0.438. The highest BCUT2D eigenvalue weighted by Gasteiger charge is 2.38. The highest BCUT2D eigenvalue weighted by atomic mass is 32.2. The molecule has 4 rings (SSSR count). The van der Waals surface area contributed by atoms with Crippen LogP contribution in [0.4, 0.5) is 5.82 Å². The third-order valence-electron chi connectivity index (χ3n) is 4.82. The molecule has 0 bridgehead atoms. The van der Waals surface area contributed by atoms with Crippen LogP contribution in [-0.2, 0) is 30.7 Å². The van der Waals surface area contributed by atoms with E-state index in [2.05, 4.69) is 30.7 Å². The van der Waals surface area contributed by atoms with Crippen LogP contribution in [0.1, 0.15) is 30.5 Å². The maximum absolute atomic E-state index is 13.1. The van der Waals surface area contributed by atoms with Gasteiger partial charge in [0.15, 0.2) is 11.6 Å². The molecule has 0 unspecified atom stereocenters. The van der Waals surface area contributed by atoms with Gasteiger partial charge in [0.1, 0.15) is 23.4 Å². The first-order chi connectivity index (χ1) is 13.5. The summed E-state index contributed by atoms with van der Waals surface area (Å²) in [5.74, 6) is 1.96. The van der Waals surface area contributed by atoms with Gasteiger partial charge in [-0.3, -0.25) is 0 Å². The molecule has 3 aromatic heterocycles. The van der Waals surface area contributed by atoms with Gasteiger partial charge in [-0.25, -0.2) is 13.4 Å². The van der Waals surface area contributed by atoms with Crippen LogP contribution in [0.2, 0.25) is 0 Å². The molecule has 1 atom stereocenters. The van der Waals surface area contributed by atoms with Gasteiger partial charge in [0, 0.05) is 26.8 Å². The van der Waals surface area contributed by atoms with Gasteiger partial charge >= 0.3 is 0 Å². The Labute approximate surface area is 162 Å². The van der Waals surface area contributed by atoms with Crippen molar-refractivity contribution in [3.05, 3.63) is 42.6 Å². The summed E-state index contributed by atoms with van der Waals surface area (Å²) in [6, 6.07) is 2.90. The predicted molar refractivity (Wildman–Crippen MR) is 99.4 cm³/mol. The first-order valence-electron chi connectivity index (χ1n) is 8.85. The van der Waals surface area contributed by atoms with Crippen molar-refractivity contribution in [2.24, 2.45) is 14.1 Å². The number of pyridine rings is 1. The van der Waals surface area contributed by atoms with Crippen molar-refractivity contribution in [1.82, 2.24) is 38.8 Å². The lowest BCUT2D eigenvalue weighted by Gasteiger charge is -2.23. The van der Waals surface area contributed by atoms with Crippen LogP contribution < -0.4 is 5.32 Å². The molecule has 0 amide bonds. The molecule has 148 valence electrons. The molecule has 0 saturated carbocycles. The molecule has 1 fully saturated rings. The molecule has 0 radical (unpaired) electrons. The summed E-state index contributed by atoms with van der Waals surface area (Å²) < 4.78 is 31.3. The summed E-state index contributed by atoms with van der Waals surface area (Å²) in [7, 11) is -0.00888. The number of hydrogen-bond donors (Lipinski definition) is 1. The molecule has 1 saturated heterocycles. The second kappa shape index (κ2) is 7.28. The molecule has 28 heavy (non-hydrogen) atoms. The van der Waals surface area contributed by atoms with Crippen molar-refractivity contribution < 1.29 is 8.42 Å². The van der Waals surface area contributed by atoms with E-state index in [0.29, 0.717) is 24.7 Å². The van der Waals surface area contributed by atoms with E-state index in [1.54, 1.807) is 33.9 Å². The number of hydrogen-bond acceptors (Lipinski definition) is 8. The van der Waals surface area contributed by atoms with Gasteiger partial charge in [-0.05, 0) is 25.0 Å². The van der Waals surface area contributed by atoms with E-state index >= 15 is 0 Å². The van der Waals surface area contributed by atoms with E-state index in [0.717, 1.165) is 18.7 Å². The molecule has 12 heteroatoms. The van der Waals surface area contributed by atoms with Crippen LogP contribution in [0, 0.1) is 0 Å². The lowest BCUT2D eigenvalue weighted by atomic mass is 10.2. The van der Waals surface area contributed by atoms with Crippen molar-refractivity contribution >= 4 is 15.8 Å². The fourth-order valence-electron chi connectivity index (χ4n) is 3.29. The van der Waals surface area contributed by atoms with Crippen molar-refractivity contribution in [2.75, 3.05) is 11.9 Å². The van der Waals surface area contributed by atoms with Crippen LogP contribution in [-0.4, -0.2) is 53.8 Å². The zero-order valence-electron chi connectivity index (χ0n) is 15.6. The molecule has 4 heterocycles. The van der Waals surface area contributed by atoms with Crippen LogP contribution in [0.15, 0.2) is 35.9 Å². The summed E-state index contributed by atoms with van der Waals surface area (Å²) in [5, 5.41) is 18.9. The maximum Gasteiger partial charge on any atom is 0.245 e. The first-order valence-corrected chi connectivity index (χ1v) is 10.3. The normalized spacial score (nSPS) is 17.9. The van der Waals surface area contributed by atoms with Gasteiger partial charge in [0.05, 0.1) is 12.6 Å². The Hall–Kier alpha value is -2.86. The SMILES string of the molecule is Cn1cnnc1CNc1ccc(S(=O)(=O)N2CCC[C@@H]2c2nncn2C)cn1. The molecule has 0 aromatic carbocycles. The number of nitrogens with zero attached hydrogens (tertiary/aromatic N) is 8. The molecule has 3 aromatic rings.